The van der Waals surface area contributed by atoms with Crippen LogP contribution in [0.4, 0.5) is 5.82 Å². The molecule has 0 amide bonds. The van der Waals surface area contributed by atoms with Crippen molar-refractivity contribution in [3.8, 4) is 0 Å². The maximum Gasteiger partial charge on any atom is 0.123 e. The Balaban J connectivity index is 2.56. The number of nitrogens with two attached hydrogens (primary N) is 1. The fraction of sp³-hybridized carbons (Fsp3) is 0.583. The summed E-state index contributed by atoms with van der Waals surface area (Å²) in [6, 6.07) is 4.05. The van der Waals surface area contributed by atoms with Gasteiger partial charge in [0.25, 0.3) is 0 Å². The minimum atomic E-state index is 0.621. The lowest BCUT2D eigenvalue weighted by atomic mass is 10.1. The van der Waals surface area contributed by atoms with Crippen LogP contribution in [0.3, 0.4) is 0 Å². The predicted octanol–water partition coefficient (Wildman–Crippen LogP) is 1.97. The van der Waals surface area contributed by atoms with Crippen LogP contribution in [-0.2, 0) is 13.0 Å². The SMILES string of the molecule is CCc1cc(CNCC(C)C)cc(N)n1. The fourth-order valence-corrected chi connectivity index (χ4v) is 1.46. The van der Waals surface area contributed by atoms with Crippen molar-refractivity contribution in [2.45, 2.75) is 33.7 Å². The number of hydrogen-bond donors (Lipinski definition) is 2. The summed E-state index contributed by atoms with van der Waals surface area (Å²) in [5.74, 6) is 1.30. The molecule has 0 unspecified atom stereocenters. The first-order chi connectivity index (χ1) is 7.11. The topological polar surface area (TPSA) is 50.9 Å². The average Bonchev–Trinajstić information content (AvgIpc) is 2.16. The second-order valence-corrected chi connectivity index (χ2v) is 4.27. The van der Waals surface area contributed by atoms with E-state index in [0.29, 0.717) is 11.7 Å². The number of nitrogens with zero attached hydrogens (tertiary/aromatic N) is 1. The summed E-state index contributed by atoms with van der Waals surface area (Å²) >= 11 is 0. The minimum Gasteiger partial charge on any atom is -0.384 e. The molecule has 1 aromatic rings. The zero-order chi connectivity index (χ0) is 11.3. The van der Waals surface area contributed by atoms with Crippen molar-refractivity contribution in [2.24, 2.45) is 5.92 Å². The first-order valence-corrected chi connectivity index (χ1v) is 5.57. The number of rotatable bonds is 5. The van der Waals surface area contributed by atoms with Crippen LogP contribution in [0.25, 0.3) is 0 Å². The van der Waals surface area contributed by atoms with Gasteiger partial charge in [-0.05, 0) is 36.6 Å². The Labute approximate surface area is 92.1 Å². The van der Waals surface area contributed by atoms with Gasteiger partial charge in [-0.2, -0.15) is 0 Å². The van der Waals surface area contributed by atoms with Crippen molar-refractivity contribution >= 4 is 5.82 Å². The standard InChI is InChI=1S/C12H21N3/c1-4-11-5-10(6-12(13)15-11)8-14-7-9(2)3/h5-6,9,14H,4,7-8H2,1-3H3,(H2,13,15). The van der Waals surface area contributed by atoms with E-state index < -0.39 is 0 Å². The number of aryl methyl sites for hydroxylation is 1. The molecule has 0 aromatic carbocycles. The lowest BCUT2D eigenvalue weighted by Crippen LogP contribution is -2.19. The molecule has 3 nitrogen and oxygen atoms in total. The minimum absolute atomic E-state index is 0.621. The van der Waals surface area contributed by atoms with E-state index in [0.717, 1.165) is 25.2 Å². The number of anilines is 1. The molecule has 0 atom stereocenters. The molecule has 1 heterocycles. The van der Waals surface area contributed by atoms with Crippen molar-refractivity contribution in [3.63, 3.8) is 0 Å². The van der Waals surface area contributed by atoms with Crippen molar-refractivity contribution in [1.82, 2.24) is 10.3 Å². The summed E-state index contributed by atoms with van der Waals surface area (Å²) in [5, 5.41) is 3.40. The molecule has 3 heteroatoms. The second-order valence-electron chi connectivity index (χ2n) is 4.27. The molecule has 0 aliphatic heterocycles. The number of nitrogens with one attached hydrogen (secondary N) is 1. The summed E-state index contributed by atoms with van der Waals surface area (Å²) in [6.07, 6.45) is 0.933. The molecular weight excluding hydrogens is 186 g/mol. The molecule has 0 saturated carbocycles. The highest BCUT2D eigenvalue weighted by molar-refractivity contribution is 5.34. The van der Waals surface area contributed by atoms with Crippen molar-refractivity contribution < 1.29 is 0 Å². The van der Waals surface area contributed by atoms with Gasteiger partial charge in [-0.15, -0.1) is 0 Å². The number of aromatic nitrogens is 1. The van der Waals surface area contributed by atoms with E-state index in [1.54, 1.807) is 0 Å². The lowest BCUT2D eigenvalue weighted by molar-refractivity contribution is 0.552. The van der Waals surface area contributed by atoms with Crippen LogP contribution in [0.2, 0.25) is 0 Å². The van der Waals surface area contributed by atoms with Gasteiger partial charge in [0.05, 0.1) is 0 Å². The second kappa shape index (κ2) is 5.71. The third kappa shape index (κ3) is 4.30. The van der Waals surface area contributed by atoms with E-state index in [1.807, 2.05) is 6.07 Å². The highest BCUT2D eigenvalue weighted by atomic mass is 14.9. The fourth-order valence-electron chi connectivity index (χ4n) is 1.46. The number of pyridine rings is 1. The normalized spacial score (nSPS) is 10.9. The van der Waals surface area contributed by atoms with Gasteiger partial charge in [-0.1, -0.05) is 20.8 Å². The van der Waals surface area contributed by atoms with Gasteiger partial charge in [0.2, 0.25) is 0 Å². The molecule has 0 saturated heterocycles. The Morgan fingerprint density at radius 2 is 2.13 bits per heavy atom. The quantitative estimate of drug-likeness (QED) is 0.776. The van der Waals surface area contributed by atoms with Gasteiger partial charge in [0, 0.05) is 12.2 Å². The summed E-state index contributed by atoms with van der Waals surface area (Å²) < 4.78 is 0. The van der Waals surface area contributed by atoms with Crippen molar-refractivity contribution in [3.05, 3.63) is 23.4 Å². The summed E-state index contributed by atoms with van der Waals surface area (Å²) in [5.41, 5.74) is 8.02. The Kier molecular flexibility index (Phi) is 4.56. The molecule has 0 fully saturated rings. The van der Waals surface area contributed by atoms with E-state index in [4.69, 9.17) is 5.73 Å². The molecule has 15 heavy (non-hydrogen) atoms. The van der Waals surface area contributed by atoms with E-state index in [9.17, 15) is 0 Å². The Morgan fingerprint density at radius 1 is 1.40 bits per heavy atom. The molecule has 0 aliphatic carbocycles. The first kappa shape index (κ1) is 12.0. The van der Waals surface area contributed by atoms with Crippen LogP contribution in [0, 0.1) is 5.92 Å². The van der Waals surface area contributed by atoms with Crippen molar-refractivity contribution in [1.29, 1.82) is 0 Å². The molecule has 0 spiro atoms. The smallest absolute Gasteiger partial charge is 0.123 e. The van der Waals surface area contributed by atoms with Gasteiger partial charge < -0.3 is 11.1 Å². The van der Waals surface area contributed by atoms with Crippen LogP contribution in [0.1, 0.15) is 32.0 Å². The first-order valence-electron chi connectivity index (χ1n) is 5.57. The lowest BCUT2D eigenvalue weighted by Gasteiger charge is -2.09. The third-order valence-electron chi connectivity index (χ3n) is 2.20. The third-order valence-corrected chi connectivity index (χ3v) is 2.20. The van der Waals surface area contributed by atoms with Gasteiger partial charge in [-0.3, -0.25) is 0 Å². The zero-order valence-electron chi connectivity index (χ0n) is 9.88. The number of hydrogen-bond acceptors (Lipinski definition) is 3. The Morgan fingerprint density at radius 3 is 2.73 bits per heavy atom. The van der Waals surface area contributed by atoms with Gasteiger partial charge in [0.1, 0.15) is 5.82 Å². The van der Waals surface area contributed by atoms with E-state index >= 15 is 0 Å². The highest BCUT2D eigenvalue weighted by Gasteiger charge is 1.99. The summed E-state index contributed by atoms with van der Waals surface area (Å²) in [7, 11) is 0. The van der Waals surface area contributed by atoms with Gasteiger partial charge in [0.15, 0.2) is 0 Å². The molecular formula is C12H21N3. The maximum absolute atomic E-state index is 5.73. The van der Waals surface area contributed by atoms with E-state index in [1.165, 1.54) is 5.56 Å². The molecule has 0 radical (unpaired) electrons. The molecule has 0 aliphatic rings. The van der Waals surface area contributed by atoms with Crippen LogP contribution < -0.4 is 11.1 Å². The predicted molar refractivity (Wildman–Crippen MR) is 64.6 cm³/mol. The maximum atomic E-state index is 5.73. The molecule has 1 aromatic heterocycles. The Bertz CT molecular complexity index is 308. The molecule has 84 valence electrons. The van der Waals surface area contributed by atoms with Gasteiger partial charge in [-0.25, -0.2) is 4.98 Å². The summed E-state index contributed by atoms with van der Waals surface area (Å²) in [4.78, 5) is 4.25. The monoisotopic (exact) mass is 207 g/mol. The van der Waals surface area contributed by atoms with Crippen LogP contribution in [-0.4, -0.2) is 11.5 Å². The molecule has 3 N–H and O–H groups in total. The largest absolute Gasteiger partial charge is 0.384 e. The highest BCUT2D eigenvalue weighted by Crippen LogP contribution is 2.08. The van der Waals surface area contributed by atoms with E-state index in [-0.39, 0.29) is 0 Å². The number of nitrogen functional groups attached to an aromatic ring is 1. The molecule has 1 rings (SSSR count). The van der Waals surface area contributed by atoms with Gasteiger partial charge >= 0.3 is 0 Å². The zero-order valence-corrected chi connectivity index (χ0v) is 9.88. The Hall–Kier alpha value is -1.09. The van der Waals surface area contributed by atoms with Crippen LogP contribution in [0.15, 0.2) is 12.1 Å². The van der Waals surface area contributed by atoms with Crippen LogP contribution in [0.5, 0.6) is 0 Å². The van der Waals surface area contributed by atoms with Crippen molar-refractivity contribution in [2.75, 3.05) is 12.3 Å². The van der Waals surface area contributed by atoms with E-state index in [2.05, 4.69) is 37.1 Å². The summed E-state index contributed by atoms with van der Waals surface area (Å²) in [6.45, 7) is 8.39. The molecule has 0 bridgehead atoms. The van der Waals surface area contributed by atoms with Crippen LogP contribution >= 0.6 is 0 Å². The average molecular weight is 207 g/mol.